The molecule has 0 aliphatic rings. The quantitative estimate of drug-likeness (QED) is 0.656. The van der Waals surface area contributed by atoms with Crippen molar-refractivity contribution in [2.24, 2.45) is 0 Å². The average molecular weight is 284 g/mol. The van der Waals surface area contributed by atoms with Crippen LogP contribution < -0.4 is 5.32 Å². The van der Waals surface area contributed by atoms with Crippen LogP contribution >= 0.6 is 11.3 Å². The van der Waals surface area contributed by atoms with Gasteiger partial charge in [0.25, 0.3) is 0 Å². The number of aromatic nitrogens is 1. The lowest BCUT2D eigenvalue weighted by molar-refractivity contribution is 0.195. The molecule has 3 nitrogen and oxygen atoms in total. The summed E-state index contributed by atoms with van der Waals surface area (Å²) in [5.74, 6) is 0.514. The summed E-state index contributed by atoms with van der Waals surface area (Å²) in [5, 5.41) is 7.00. The molecule has 1 unspecified atom stereocenters. The van der Waals surface area contributed by atoms with E-state index in [1.54, 1.807) is 18.4 Å². The minimum atomic E-state index is 0.388. The molecule has 1 heterocycles. The molecule has 0 aromatic carbocycles. The Labute approximate surface area is 121 Å². The van der Waals surface area contributed by atoms with Crippen LogP contribution in [0.3, 0.4) is 0 Å². The molecule has 4 heteroatoms. The number of unbranched alkanes of at least 4 members (excludes halogenated alkanes) is 2. The van der Waals surface area contributed by atoms with Gasteiger partial charge < -0.3 is 10.1 Å². The number of thiazole rings is 1. The van der Waals surface area contributed by atoms with E-state index in [1.165, 1.54) is 36.4 Å². The largest absolute Gasteiger partial charge is 0.383 e. The van der Waals surface area contributed by atoms with Gasteiger partial charge in [0, 0.05) is 19.0 Å². The van der Waals surface area contributed by atoms with Gasteiger partial charge in [-0.3, -0.25) is 0 Å². The van der Waals surface area contributed by atoms with E-state index in [1.807, 2.05) is 0 Å². The van der Waals surface area contributed by atoms with Crippen molar-refractivity contribution < 1.29 is 4.74 Å². The zero-order valence-corrected chi connectivity index (χ0v) is 13.6. The van der Waals surface area contributed by atoms with Gasteiger partial charge in [0.2, 0.25) is 0 Å². The highest BCUT2D eigenvalue weighted by Gasteiger charge is 2.15. The van der Waals surface area contributed by atoms with Gasteiger partial charge in [-0.05, 0) is 12.3 Å². The zero-order chi connectivity index (χ0) is 14.1. The third kappa shape index (κ3) is 6.02. The summed E-state index contributed by atoms with van der Waals surface area (Å²) in [6.07, 6.45) is 4.99. The number of nitrogens with zero attached hydrogens (tertiary/aromatic N) is 1. The molecule has 0 aliphatic carbocycles. The van der Waals surface area contributed by atoms with Gasteiger partial charge in [0.05, 0.1) is 18.3 Å². The van der Waals surface area contributed by atoms with Gasteiger partial charge in [-0.1, -0.05) is 40.0 Å². The smallest absolute Gasteiger partial charge is 0.110 e. The van der Waals surface area contributed by atoms with Crippen molar-refractivity contribution in [3.05, 3.63) is 16.1 Å². The molecule has 19 heavy (non-hydrogen) atoms. The summed E-state index contributed by atoms with van der Waals surface area (Å²) in [6.45, 7) is 8.29. The summed E-state index contributed by atoms with van der Waals surface area (Å²) in [4.78, 5) is 4.78. The third-order valence-electron chi connectivity index (χ3n) is 3.22. The predicted octanol–water partition coefficient (Wildman–Crippen LogP) is 4.12. The van der Waals surface area contributed by atoms with Gasteiger partial charge in [-0.15, -0.1) is 11.3 Å². The first-order chi connectivity index (χ1) is 9.19. The summed E-state index contributed by atoms with van der Waals surface area (Å²) < 4.78 is 5.12. The number of ether oxygens (including phenoxy) is 1. The highest BCUT2D eigenvalue weighted by Crippen LogP contribution is 2.26. The van der Waals surface area contributed by atoms with Gasteiger partial charge >= 0.3 is 0 Å². The molecule has 0 spiro atoms. The third-order valence-corrected chi connectivity index (χ3v) is 4.20. The first-order valence-electron chi connectivity index (χ1n) is 7.36. The fourth-order valence-electron chi connectivity index (χ4n) is 1.97. The van der Waals surface area contributed by atoms with E-state index in [2.05, 4.69) is 31.5 Å². The molecular formula is C15H28N2OS. The van der Waals surface area contributed by atoms with Crippen molar-refractivity contribution in [1.82, 2.24) is 10.3 Å². The van der Waals surface area contributed by atoms with E-state index in [0.29, 0.717) is 12.0 Å². The molecule has 0 fully saturated rings. The predicted molar refractivity (Wildman–Crippen MR) is 83.0 cm³/mol. The van der Waals surface area contributed by atoms with Crippen molar-refractivity contribution in [3.63, 3.8) is 0 Å². The Balaban J connectivity index is 2.58. The maximum atomic E-state index is 5.12. The molecule has 1 atom stereocenters. The van der Waals surface area contributed by atoms with Crippen molar-refractivity contribution >= 4 is 11.3 Å². The number of hydrogen-bond acceptors (Lipinski definition) is 4. The highest BCUT2D eigenvalue weighted by molar-refractivity contribution is 7.09. The fourth-order valence-corrected chi connectivity index (χ4v) is 3.06. The van der Waals surface area contributed by atoms with E-state index in [4.69, 9.17) is 9.72 Å². The number of nitrogens with one attached hydrogen (secondary N) is 1. The minimum Gasteiger partial charge on any atom is -0.383 e. The molecule has 0 saturated carbocycles. The van der Waals surface area contributed by atoms with Crippen LogP contribution in [0, 0.1) is 0 Å². The first-order valence-corrected chi connectivity index (χ1v) is 8.24. The number of rotatable bonds is 10. The SMILES string of the molecule is CCCCCC(NCCOC)c1nc(C(C)C)cs1. The summed E-state index contributed by atoms with van der Waals surface area (Å²) in [7, 11) is 1.74. The molecule has 0 amide bonds. The van der Waals surface area contributed by atoms with Crippen molar-refractivity contribution in [3.8, 4) is 0 Å². The van der Waals surface area contributed by atoms with Crippen LogP contribution in [0.25, 0.3) is 0 Å². The molecule has 1 rings (SSSR count). The topological polar surface area (TPSA) is 34.1 Å². The highest BCUT2D eigenvalue weighted by atomic mass is 32.1. The summed E-state index contributed by atoms with van der Waals surface area (Å²) in [5.41, 5.74) is 1.22. The molecule has 110 valence electrons. The monoisotopic (exact) mass is 284 g/mol. The van der Waals surface area contributed by atoms with Gasteiger partial charge in [0.15, 0.2) is 0 Å². The van der Waals surface area contributed by atoms with Crippen molar-refractivity contribution in [2.45, 2.75) is 58.4 Å². The van der Waals surface area contributed by atoms with Crippen LogP contribution in [0.5, 0.6) is 0 Å². The Morgan fingerprint density at radius 1 is 1.37 bits per heavy atom. The van der Waals surface area contributed by atoms with Crippen LogP contribution in [0.2, 0.25) is 0 Å². The van der Waals surface area contributed by atoms with Crippen LogP contribution in [0.1, 0.15) is 69.1 Å². The van der Waals surface area contributed by atoms with Crippen LogP contribution in [-0.2, 0) is 4.74 Å². The second-order valence-electron chi connectivity index (χ2n) is 5.26. The van der Waals surface area contributed by atoms with Gasteiger partial charge in [-0.2, -0.15) is 0 Å². The summed E-state index contributed by atoms with van der Waals surface area (Å²) in [6, 6.07) is 0.388. The van der Waals surface area contributed by atoms with Crippen LogP contribution in [-0.4, -0.2) is 25.2 Å². The molecule has 1 N–H and O–H groups in total. The van der Waals surface area contributed by atoms with Gasteiger partial charge in [-0.25, -0.2) is 4.98 Å². The Kier molecular flexibility index (Phi) is 8.26. The Bertz CT molecular complexity index is 329. The van der Waals surface area contributed by atoms with Crippen molar-refractivity contribution in [2.75, 3.05) is 20.3 Å². The van der Waals surface area contributed by atoms with E-state index < -0.39 is 0 Å². The van der Waals surface area contributed by atoms with Gasteiger partial charge in [0.1, 0.15) is 5.01 Å². The lowest BCUT2D eigenvalue weighted by atomic mass is 10.1. The minimum absolute atomic E-state index is 0.388. The average Bonchev–Trinajstić information content (AvgIpc) is 2.87. The van der Waals surface area contributed by atoms with Crippen LogP contribution in [0.15, 0.2) is 5.38 Å². The number of hydrogen-bond donors (Lipinski definition) is 1. The van der Waals surface area contributed by atoms with E-state index in [0.717, 1.165) is 13.2 Å². The van der Waals surface area contributed by atoms with E-state index in [9.17, 15) is 0 Å². The summed E-state index contributed by atoms with van der Waals surface area (Å²) >= 11 is 1.79. The molecular weight excluding hydrogens is 256 g/mol. The maximum absolute atomic E-state index is 5.12. The lowest BCUT2D eigenvalue weighted by Gasteiger charge is -2.16. The second-order valence-corrected chi connectivity index (χ2v) is 6.15. The molecule has 0 radical (unpaired) electrons. The van der Waals surface area contributed by atoms with E-state index in [-0.39, 0.29) is 0 Å². The molecule has 0 aliphatic heterocycles. The van der Waals surface area contributed by atoms with Crippen LogP contribution in [0.4, 0.5) is 0 Å². The lowest BCUT2D eigenvalue weighted by Crippen LogP contribution is -2.25. The Morgan fingerprint density at radius 3 is 2.74 bits per heavy atom. The van der Waals surface area contributed by atoms with Crippen molar-refractivity contribution in [1.29, 1.82) is 0 Å². The maximum Gasteiger partial charge on any atom is 0.110 e. The normalized spacial score (nSPS) is 13.1. The second kappa shape index (κ2) is 9.45. The Hall–Kier alpha value is -0.450. The molecule has 0 saturated heterocycles. The number of methoxy groups -OCH3 is 1. The zero-order valence-electron chi connectivity index (χ0n) is 12.7. The molecule has 1 aromatic rings. The first kappa shape index (κ1) is 16.6. The standard InChI is InChI=1S/C15H28N2OS/c1-5-6-7-8-13(16-9-10-18-4)15-17-14(11-19-15)12(2)3/h11-13,16H,5-10H2,1-4H3. The Morgan fingerprint density at radius 2 is 2.16 bits per heavy atom. The van der Waals surface area contributed by atoms with E-state index >= 15 is 0 Å². The molecule has 1 aromatic heterocycles. The fraction of sp³-hybridized carbons (Fsp3) is 0.800. The molecule has 0 bridgehead atoms.